The minimum atomic E-state index is -4.54. The molecule has 0 aliphatic carbocycles. The number of aldehydes is 1. The summed E-state index contributed by atoms with van der Waals surface area (Å²) in [4.78, 5) is 10.9. The summed E-state index contributed by atoms with van der Waals surface area (Å²) in [6.45, 7) is -0.110. The monoisotopic (exact) mass is 396 g/mol. The van der Waals surface area contributed by atoms with Crippen molar-refractivity contribution in [2.75, 3.05) is 0 Å². The molecule has 0 bridgehead atoms. The zero-order valence-corrected chi connectivity index (χ0v) is 15.1. The van der Waals surface area contributed by atoms with Crippen LogP contribution < -0.4 is 4.74 Å². The van der Waals surface area contributed by atoms with Gasteiger partial charge in [-0.25, -0.2) is 4.68 Å². The molecule has 29 heavy (non-hydrogen) atoms. The first kappa shape index (κ1) is 18.7. The highest BCUT2D eigenvalue weighted by molar-refractivity contribution is 5.89. The number of hydrogen-bond donors (Lipinski definition) is 0. The molecule has 0 saturated carbocycles. The minimum Gasteiger partial charge on any atom is -0.487 e. The van der Waals surface area contributed by atoms with E-state index in [1.807, 2.05) is 0 Å². The van der Waals surface area contributed by atoms with E-state index in [1.54, 1.807) is 66.7 Å². The number of carbonyl (C=O) groups is 1. The zero-order valence-electron chi connectivity index (χ0n) is 15.1. The number of halogens is 3. The Kier molecular flexibility index (Phi) is 4.80. The molecule has 0 amide bonds. The molecule has 1 heterocycles. The highest BCUT2D eigenvalue weighted by Gasteiger charge is 2.36. The quantitative estimate of drug-likeness (QED) is 0.422. The van der Waals surface area contributed by atoms with E-state index in [0.29, 0.717) is 17.0 Å². The molecule has 0 radical (unpaired) electrons. The number of rotatable bonds is 5. The van der Waals surface area contributed by atoms with Gasteiger partial charge in [-0.15, -0.1) is 0 Å². The molecule has 4 aromatic rings. The van der Waals surface area contributed by atoms with E-state index in [9.17, 15) is 18.0 Å². The number of hydrogen-bond acceptors (Lipinski definition) is 3. The standard InChI is InChI=1S/C22H15F3N2O2/c23-22(24,25)21-12-18(26-27(21)19-4-2-1-3-5-19)14-29-20-9-8-16-10-15(13-28)6-7-17(16)11-20/h1-13H,14H2. The first-order valence-corrected chi connectivity index (χ1v) is 8.77. The van der Waals surface area contributed by atoms with Crippen molar-refractivity contribution in [1.82, 2.24) is 9.78 Å². The molecule has 0 unspecified atom stereocenters. The third kappa shape index (κ3) is 3.99. The molecule has 0 aliphatic heterocycles. The van der Waals surface area contributed by atoms with Crippen LogP contribution in [0, 0.1) is 0 Å². The largest absolute Gasteiger partial charge is 0.487 e. The summed E-state index contributed by atoms with van der Waals surface area (Å²) in [6, 6.07) is 19.6. The van der Waals surface area contributed by atoms with Gasteiger partial charge >= 0.3 is 6.18 Å². The molecular formula is C22H15F3N2O2. The second-order valence-electron chi connectivity index (χ2n) is 6.44. The summed E-state index contributed by atoms with van der Waals surface area (Å²) < 4.78 is 46.8. The van der Waals surface area contributed by atoms with E-state index in [1.165, 1.54) is 0 Å². The molecular weight excluding hydrogens is 381 g/mol. The maximum atomic E-state index is 13.4. The Morgan fingerprint density at radius 1 is 0.931 bits per heavy atom. The smallest absolute Gasteiger partial charge is 0.433 e. The van der Waals surface area contributed by atoms with Crippen LogP contribution in [-0.2, 0) is 12.8 Å². The third-order valence-electron chi connectivity index (χ3n) is 4.41. The Balaban J connectivity index is 1.59. The highest BCUT2D eigenvalue weighted by Crippen LogP contribution is 2.32. The Morgan fingerprint density at radius 2 is 1.66 bits per heavy atom. The van der Waals surface area contributed by atoms with Gasteiger partial charge in [0.25, 0.3) is 0 Å². The fourth-order valence-corrected chi connectivity index (χ4v) is 3.03. The number of nitrogens with zero attached hydrogens (tertiary/aromatic N) is 2. The summed E-state index contributed by atoms with van der Waals surface area (Å²) in [5, 5.41) is 5.81. The maximum Gasteiger partial charge on any atom is 0.433 e. The van der Waals surface area contributed by atoms with Gasteiger partial charge in [-0.05, 0) is 47.2 Å². The predicted molar refractivity (Wildman–Crippen MR) is 102 cm³/mol. The van der Waals surface area contributed by atoms with Crippen LogP contribution >= 0.6 is 0 Å². The van der Waals surface area contributed by atoms with Gasteiger partial charge in [-0.1, -0.05) is 36.4 Å². The second-order valence-corrected chi connectivity index (χ2v) is 6.44. The van der Waals surface area contributed by atoms with Crippen LogP contribution in [0.15, 0.2) is 72.8 Å². The van der Waals surface area contributed by atoms with Crippen molar-refractivity contribution >= 4 is 17.1 Å². The van der Waals surface area contributed by atoms with Crippen molar-refractivity contribution in [2.24, 2.45) is 0 Å². The van der Waals surface area contributed by atoms with Crippen molar-refractivity contribution in [3.8, 4) is 11.4 Å². The van der Waals surface area contributed by atoms with E-state index < -0.39 is 11.9 Å². The Hall–Kier alpha value is -3.61. The van der Waals surface area contributed by atoms with E-state index in [0.717, 1.165) is 27.8 Å². The van der Waals surface area contributed by atoms with Gasteiger partial charge in [-0.3, -0.25) is 4.79 Å². The number of ether oxygens (including phenoxy) is 1. The average Bonchev–Trinajstić information content (AvgIpc) is 3.17. The van der Waals surface area contributed by atoms with Gasteiger partial charge < -0.3 is 4.74 Å². The van der Waals surface area contributed by atoms with E-state index in [2.05, 4.69) is 5.10 Å². The van der Waals surface area contributed by atoms with Crippen LogP contribution in [0.5, 0.6) is 5.75 Å². The number of aromatic nitrogens is 2. The van der Waals surface area contributed by atoms with Crippen molar-refractivity contribution in [3.05, 3.63) is 89.7 Å². The lowest BCUT2D eigenvalue weighted by Gasteiger charge is -2.09. The maximum absolute atomic E-state index is 13.4. The first-order chi connectivity index (χ1) is 13.9. The molecule has 4 rings (SSSR count). The number of carbonyl (C=O) groups excluding carboxylic acids is 1. The summed E-state index contributed by atoms with van der Waals surface area (Å²) in [5.74, 6) is 0.499. The minimum absolute atomic E-state index is 0.110. The molecule has 7 heteroatoms. The summed E-state index contributed by atoms with van der Waals surface area (Å²) >= 11 is 0. The van der Waals surface area contributed by atoms with E-state index in [-0.39, 0.29) is 12.3 Å². The van der Waals surface area contributed by atoms with Crippen LogP contribution in [0.4, 0.5) is 13.2 Å². The summed E-state index contributed by atoms with van der Waals surface area (Å²) in [5.41, 5.74) is 0.194. The number of para-hydroxylation sites is 1. The molecule has 0 atom stereocenters. The van der Waals surface area contributed by atoms with Crippen molar-refractivity contribution in [3.63, 3.8) is 0 Å². The summed E-state index contributed by atoms with van der Waals surface area (Å²) in [7, 11) is 0. The van der Waals surface area contributed by atoms with Gasteiger partial charge in [0.1, 0.15) is 30.0 Å². The van der Waals surface area contributed by atoms with Crippen molar-refractivity contribution in [1.29, 1.82) is 0 Å². The fraction of sp³-hybridized carbons (Fsp3) is 0.0909. The van der Waals surface area contributed by atoms with Gasteiger partial charge in [0.05, 0.1) is 5.69 Å². The Bertz CT molecular complexity index is 1170. The Labute approximate surface area is 164 Å². The number of alkyl halides is 3. The molecule has 3 aromatic carbocycles. The molecule has 146 valence electrons. The number of fused-ring (bicyclic) bond motifs is 1. The Morgan fingerprint density at radius 3 is 2.38 bits per heavy atom. The van der Waals surface area contributed by atoms with Crippen molar-refractivity contribution < 1.29 is 22.7 Å². The fourth-order valence-electron chi connectivity index (χ4n) is 3.03. The van der Waals surface area contributed by atoms with Gasteiger partial charge in [-0.2, -0.15) is 18.3 Å². The predicted octanol–water partition coefficient (Wildman–Crippen LogP) is 5.44. The molecule has 1 aromatic heterocycles. The normalized spacial score (nSPS) is 11.6. The topological polar surface area (TPSA) is 44.1 Å². The second kappa shape index (κ2) is 7.43. The van der Waals surface area contributed by atoms with Crippen LogP contribution in [0.3, 0.4) is 0 Å². The SMILES string of the molecule is O=Cc1ccc2cc(OCc3cc(C(F)(F)F)n(-c4ccccc4)n3)ccc2c1. The van der Waals surface area contributed by atoms with Gasteiger partial charge in [0.2, 0.25) is 0 Å². The molecule has 0 aliphatic rings. The average molecular weight is 396 g/mol. The first-order valence-electron chi connectivity index (χ1n) is 8.77. The molecule has 0 N–H and O–H groups in total. The van der Waals surface area contributed by atoms with Gasteiger partial charge in [0.15, 0.2) is 0 Å². The lowest BCUT2D eigenvalue weighted by atomic mass is 10.1. The molecule has 4 nitrogen and oxygen atoms in total. The summed E-state index contributed by atoms with van der Waals surface area (Å²) in [6.07, 6.45) is -3.77. The zero-order chi connectivity index (χ0) is 20.4. The molecule has 0 saturated heterocycles. The molecule has 0 spiro atoms. The van der Waals surface area contributed by atoms with Crippen LogP contribution in [0.1, 0.15) is 21.7 Å². The van der Waals surface area contributed by atoms with Crippen LogP contribution in [-0.4, -0.2) is 16.1 Å². The van der Waals surface area contributed by atoms with Crippen LogP contribution in [0.25, 0.3) is 16.5 Å². The number of benzene rings is 3. The van der Waals surface area contributed by atoms with Crippen molar-refractivity contribution in [2.45, 2.75) is 12.8 Å². The lowest BCUT2D eigenvalue weighted by molar-refractivity contribution is -0.142. The van der Waals surface area contributed by atoms with E-state index in [4.69, 9.17) is 4.74 Å². The van der Waals surface area contributed by atoms with Crippen LogP contribution in [0.2, 0.25) is 0 Å². The van der Waals surface area contributed by atoms with E-state index >= 15 is 0 Å². The lowest BCUT2D eigenvalue weighted by Crippen LogP contribution is -2.13. The van der Waals surface area contributed by atoms with Gasteiger partial charge in [0, 0.05) is 5.56 Å². The molecule has 0 fully saturated rings. The highest BCUT2D eigenvalue weighted by atomic mass is 19.4. The third-order valence-corrected chi connectivity index (χ3v) is 4.41.